The van der Waals surface area contributed by atoms with E-state index in [0.29, 0.717) is 18.0 Å². The molecule has 1 aromatic rings. The first-order chi connectivity index (χ1) is 9.77. The lowest BCUT2D eigenvalue weighted by atomic mass is 9.99. The highest BCUT2D eigenvalue weighted by Crippen LogP contribution is 2.17. The maximum Gasteiger partial charge on any atom is 0.241 e. The van der Waals surface area contributed by atoms with Gasteiger partial charge in [-0.2, -0.15) is 0 Å². The first kappa shape index (κ1) is 17.7. The Bertz CT molecular complexity index is 640. The number of rotatable bonds is 5. The van der Waals surface area contributed by atoms with Crippen molar-refractivity contribution in [3.05, 3.63) is 29.3 Å². The maximum absolute atomic E-state index is 12.4. The molecule has 1 aromatic carbocycles. The highest BCUT2D eigenvalue weighted by atomic mass is 32.2. The molecule has 1 rings (SSSR count). The van der Waals surface area contributed by atoms with E-state index in [0.717, 1.165) is 5.56 Å². The van der Waals surface area contributed by atoms with Crippen molar-refractivity contribution in [2.24, 2.45) is 17.6 Å². The van der Waals surface area contributed by atoms with E-state index in [2.05, 4.69) is 30.4 Å². The second-order valence-corrected chi connectivity index (χ2v) is 7.31. The summed E-state index contributed by atoms with van der Waals surface area (Å²) in [5.41, 5.74) is 6.82. The van der Waals surface area contributed by atoms with Gasteiger partial charge in [-0.3, -0.25) is 0 Å². The van der Waals surface area contributed by atoms with Crippen LogP contribution in [0.25, 0.3) is 0 Å². The van der Waals surface area contributed by atoms with Crippen LogP contribution in [0.1, 0.15) is 31.9 Å². The van der Waals surface area contributed by atoms with E-state index >= 15 is 0 Å². The molecule has 5 heteroatoms. The van der Waals surface area contributed by atoms with Crippen molar-refractivity contribution in [3.8, 4) is 11.8 Å². The number of nitrogens with one attached hydrogen (secondary N) is 1. The molecule has 0 amide bonds. The summed E-state index contributed by atoms with van der Waals surface area (Å²) < 4.78 is 27.6. The minimum absolute atomic E-state index is 0.200. The fourth-order valence-corrected chi connectivity index (χ4v) is 2.96. The smallest absolute Gasteiger partial charge is 0.241 e. The molecule has 0 spiro atoms. The van der Waals surface area contributed by atoms with E-state index in [-0.39, 0.29) is 17.4 Å². The average Bonchev–Trinajstić information content (AvgIpc) is 2.42. The standard InChI is InChI=1S/C16H24N2O2S/c1-12(2)14(4)11-18-21(19,20)16-8-7-13(3)10-15(16)6-5-9-17/h7-8,10,12,14,18H,9,11,17H2,1-4H3. The monoisotopic (exact) mass is 308 g/mol. The number of nitrogens with two attached hydrogens (primary N) is 1. The second kappa shape index (κ2) is 7.60. The second-order valence-electron chi connectivity index (χ2n) is 5.58. The third-order valence-corrected chi connectivity index (χ3v) is 4.96. The summed E-state index contributed by atoms with van der Waals surface area (Å²) >= 11 is 0. The summed E-state index contributed by atoms with van der Waals surface area (Å²) in [6, 6.07) is 5.13. The van der Waals surface area contributed by atoms with Crippen molar-refractivity contribution in [2.75, 3.05) is 13.1 Å². The Morgan fingerprint density at radius 3 is 2.52 bits per heavy atom. The molecule has 0 bridgehead atoms. The summed E-state index contributed by atoms with van der Waals surface area (Å²) in [6.07, 6.45) is 0. The van der Waals surface area contributed by atoms with Crippen LogP contribution in [-0.4, -0.2) is 21.5 Å². The van der Waals surface area contributed by atoms with Crippen LogP contribution in [0.2, 0.25) is 0 Å². The number of benzene rings is 1. The largest absolute Gasteiger partial charge is 0.320 e. The van der Waals surface area contributed by atoms with Crippen molar-refractivity contribution in [1.29, 1.82) is 0 Å². The van der Waals surface area contributed by atoms with Gasteiger partial charge in [0, 0.05) is 12.1 Å². The molecule has 0 aliphatic rings. The molecule has 0 aromatic heterocycles. The molecule has 0 fully saturated rings. The zero-order chi connectivity index (χ0) is 16.0. The Balaban J connectivity index is 3.08. The average molecular weight is 308 g/mol. The number of sulfonamides is 1. The number of aryl methyl sites for hydroxylation is 1. The van der Waals surface area contributed by atoms with Gasteiger partial charge in [0.25, 0.3) is 0 Å². The van der Waals surface area contributed by atoms with Gasteiger partial charge in [-0.05, 0) is 36.5 Å². The summed E-state index contributed by atoms with van der Waals surface area (Å²) in [5.74, 6) is 6.24. The van der Waals surface area contributed by atoms with E-state index < -0.39 is 10.0 Å². The summed E-state index contributed by atoms with van der Waals surface area (Å²) in [6.45, 7) is 8.69. The van der Waals surface area contributed by atoms with Crippen LogP contribution < -0.4 is 10.5 Å². The lowest BCUT2D eigenvalue weighted by molar-refractivity contribution is 0.414. The molecule has 0 saturated heterocycles. The molecule has 3 N–H and O–H groups in total. The zero-order valence-electron chi connectivity index (χ0n) is 13.1. The van der Waals surface area contributed by atoms with E-state index in [1.807, 2.05) is 13.8 Å². The minimum Gasteiger partial charge on any atom is -0.320 e. The zero-order valence-corrected chi connectivity index (χ0v) is 13.9. The minimum atomic E-state index is -3.56. The van der Waals surface area contributed by atoms with Gasteiger partial charge < -0.3 is 5.73 Å². The SMILES string of the molecule is Cc1ccc(S(=O)(=O)NCC(C)C(C)C)c(C#CCN)c1. The van der Waals surface area contributed by atoms with Crippen LogP contribution in [-0.2, 0) is 10.0 Å². The van der Waals surface area contributed by atoms with Crippen LogP contribution in [0.3, 0.4) is 0 Å². The number of hydrogen-bond acceptors (Lipinski definition) is 3. The topological polar surface area (TPSA) is 72.2 Å². The molecule has 0 aliphatic heterocycles. The molecule has 0 radical (unpaired) electrons. The van der Waals surface area contributed by atoms with Crippen LogP contribution in [0.15, 0.2) is 23.1 Å². The predicted octanol–water partition coefficient (Wildman–Crippen LogP) is 1.88. The Morgan fingerprint density at radius 2 is 1.95 bits per heavy atom. The first-order valence-electron chi connectivity index (χ1n) is 7.07. The highest BCUT2D eigenvalue weighted by molar-refractivity contribution is 7.89. The van der Waals surface area contributed by atoms with Crippen molar-refractivity contribution in [2.45, 2.75) is 32.6 Å². The van der Waals surface area contributed by atoms with Gasteiger partial charge in [-0.15, -0.1) is 0 Å². The van der Waals surface area contributed by atoms with Crippen LogP contribution in [0.5, 0.6) is 0 Å². The molecule has 0 heterocycles. The molecular formula is C16H24N2O2S. The Hall–Kier alpha value is -1.35. The first-order valence-corrected chi connectivity index (χ1v) is 8.55. The van der Waals surface area contributed by atoms with Gasteiger partial charge in [0.1, 0.15) is 0 Å². The van der Waals surface area contributed by atoms with E-state index in [1.165, 1.54) is 0 Å². The third-order valence-electron chi connectivity index (χ3n) is 3.48. The Labute approximate surface area is 128 Å². The molecular weight excluding hydrogens is 284 g/mol. The lowest BCUT2D eigenvalue weighted by Crippen LogP contribution is -2.30. The van der Waals surface area contributed by atoms with Gasteiger partial charge in [-0.1, -0.05) is 38.7 Å². The van der Waals surface area contributed by atoms with Gasteiger partial charge >= 0.3 is 0 Å². The normalized spacial score (nSPS) is 12.9. The Morgan fingerprint density at radius 1 is 1.29 bits per heavy atom. The van der Waals surface area contributed by atoms with E-state index in [4.69, 9.17) is 5.73 Å². The quantitative estimate of drug-likeness (QED) is 0.816. The van der Waals surface area contributed by atoms with Crippen molar-refractivity contribution < 1.29 is 8.42 Å². The molecule has 1 unspecified atom stereocenters. The Kier molecular flexibility index (Phi) is 6.41. The van der Waals surface area contributed by atoms with Crippen molar-refractivity contribution in [1.82, 2.24) is 4.72 Å². The fraction of sp³-hybridized carbons (Fsp3) is 0.500. The maximum atomic E-state index is 12.4. The molecule has 0 saturated carbocycles. The number of hydrogen-bond donors (Lipinski definition) is 2. The molecule has 1 atom stereocenters. The summed E-state index contributed by atoms with van der Waals surface area (Å²) in [5, 5.41) is 0. The van der Waals surface area contributed by atoms with Crippen LogP contribution in [0, 0.1) is 30.6 Å². The third kappa shape index (κ3) is 5.16. The molecule has 116 valence electrons. The van der Waals surface area contributed by atoms with Gasteiger partial charge in [0.15, 0.2) is 0 Å². The van der Waals surface area contributed by atoms with E-state index in [1.54, 1.807) is 18.2 Å². The van der Waals surface area contributed by atoms with Crippen molar-refractivity contribution in [3.63, 3.8) is 0 Å². The lowest BCUT2D eigenvalue weighted by Gasteiger charge is -2.16. The van der Waals surface area contributed by atoms with Crippen LogP contribution >= 0.6 is 0 Å². The molecule has 0 aliphatic carbocycles. The van der Waals surface area contributed by atoms with E-state index in [9.17, 15) is 8.42 Å². The van der Waals surface area contributed by atoms with Gasteiger partial charge in [-0.25, -0.2) is 13.1 Å². The fourth-order valence-electron chi connectivity index (χ4n) is 1.68. The van der Waals surface area contributed by atoms with Crippen LogP contribution in [0.4, 0.5) is 0 Å². The molecule has 4 nitrogen and oxygen atoms in total. The van der Waals surface area contributed by atoms with Gasteiger partial charge in [0.05, 0.1) is 11.4 Å². The van der Waals surface area contributed by atoms with Crippen molar-refractivity contribution >= 4 is 10.0 Å². The highest BCUT2D eigenvalue weighted by Gasteiger charge is 2.19. The summed E-state index contributed by atoms with van der Waals surface area (Å²) in [4.78, 5) is 0.213. The predicted molar refractivity (Wildman–Crippen MR) is 86.3 cm³/mol. The molecule has 21 heavy (non-hydrogen) atoms. The summed E-state index contributed by atoms with van der Waals surface area (Å²) in [7, 11) is -3.56. The van der Waals surface area contributed by atoms with Gasteiger partial charge in [0.2, 0.25) is 10.0 Å².